The van der Waals surface area contributed by atoms with Crippen LogP contribution in [0.1, 0.15) is 5.56 Å². The van der Waals surface area contributed by atoms with E-state index in [9.17, 15) is 10.4 Å². The largest absolute Gasteiger partial charge is 0.497 e. The summed E-state index contributed by atoms with van der Waals surface area (Å²) in [5.41, 5.74) is 2.34. The van der Waals surface area contributed by atoms with E-state index in [-0.39, 0.29) is 17.5 Å². The summed E-state index contributed by atoms with van der Waals surface area (Å²) in [7, 11) is 1.59. The number of methoxy groups -OCH3 is 1. The monoisotopic (exact) mass is 489 g/mol. The van der Waals surface area contributed by atoms with Crippen LogP contribution >= 0.6 is 11.6 Å². The summed E-state index contributed by atoms with van der Waals surface area (Å²) in [6.07, 6.45) is 0. The van der Waals surface area contributed by atoms with Gasteiger partial charge in [-0.25, -0.2) is 4.98 Å². The Kier molecular flexibility index (Phi) is 6.18. The highest BCUT2D eigenvalue weighted by Gasteiger charge is 2.23. The quantitative estimate of drug-likeness (QED) is 0.372. The zero-order chi connectivity index (χ0) is 24.4. The number of aromatic nitrogens is 3. The highest BCUT2D eigenvalue weighted by molar-refractivity contribution is 6.31. The number of nitrogens with zero attached hydrogens (tertiary/aromatic N) is 6. The van der Waals surface area contributed by atoms with Crippen LogP contribution < -0.4 is 9.64 Å². The zero-order valence-corrected chi connectivity index (χ0v) is 19.5. The number of hydrogen-bond donors (Lipinski definition) is 2. The van der Waals surface area contributed by atoms with E-state index in [1.54, 1.807) is 37.4 Å². The molecule has 4 aromatic rings. The molecule has 0 spiro atoms. The minimum absolute atomic E-state index is 0.0482. The van der Waals surface area contributed by atoms with Crippen molar-refractivity contribution in [1.29, 1.82) is 5.26 Å². The van der Waals surface area contributed by atoms with Crippen molar-refractivity contribution in [2.24, 2.45) is 10.2 Å². The molecule has 3 heterocycles. The van der Waals surface area contributed by atoms with Crippen LogP contribution in [0.15, 0.2) is 52.7 Å². The van der Waals surface area contributed by atoms with Crippen molar-refractivity contribution >= 4 is 40.0 Å². The summed E-state index contributed by atoms with van der Waals surface area (Å²) < 4.78 is 10.7. The first-order valence-corrected chi connectivity index (χ1v) is 11.2. The van der Waals surface area contributed by atoms with Crippen LogP contribution in [-0.4, -0.2) is 53.5 Å². The van der Waals surface area contributed by atoms with E-state index < -0.39 is 0 Å². The first-order chi connectivity index (χ1) is 17.1. The second kappa shape index (κ2) is 9.58. The summed E-state index contributed by atoms with van der Waals surface area (Å²) in [4.78, 5) is 13.9. The van der Waals surface area contributed by atoms with Crippen LogP contribution in [0, 0.1) is 11.3 Å². The number of halogens is 1. The van der Waals surface area contributed by atoms with Crippen molar-refractivity contribution in [2.45, 2.75) is 0 Å². The fourth-order valence-electron chi connectivity index (χ4n) is 3.88. The molecule has 11 heteroatoms. The predicted molar refractivity (Wildman–Crippen MR) is 131 cm³/mol. The van der Waals surface area contributed by atoms with Crippen LogP contribution in [-0.2, 0) is 4.74 Å². The fraction of sp³-hybridized carbons (Fsp3) is 0.208. The van der Waals surface area contributed by atoms with E-state index in [0.717, 1.165) is 0 Å². The van der Waals surface area contributed by atoms with Gasteiger partial charge in [0.05, 0.1) is 31.5 Å². The molecule has 0 aliphatic carbocycles. The first-order valence-electron chi connectivity index (χ1n) is 10.8. The molecule has 0 saturated carbocycles. The second-order valence-corrected chi connectivity index (χ2v) is 8.16. The standard InChI is InChI=1S/C24H20ClN7O3/c1-34-16-5-2-14(3-6-16)20-18(13-26)22(32-8-10-35-11-9-32)29-24(28-20)31-30-21-17-12-15(25)4-7-19(17)27-23(21)33/h2-7,12,27,33H,8-11H2,1H3. The molecule has 1 fully saturated rings. The maximum absolute atomic E-state index is 10.4. The third-order valence-electron chi connectivity index (χ3n) is 5.62. The molecule has 35 heavy (non-hydrogen) atoms. The fourth-order valence-corrected chi connectivity index (χ4v) is 4.05. The van der Waals surface area contributed by atoms with Gasteiger partial charge in [-0.3, -0.25) is 0 Å². The molecule has 5 rings (SSSR count). The lowest BCUT2D eigenvalue weighted by Gasteiger charge is -2.28. The van der Waals surface area contributed by atoms with Crippen LogP contribution in [0.4, 0.5) is 17.5 Å². The molecule has 0 radical (unpaired) electrons. The van der Waals surface area contributed by atoms with E-state index in [1.807, 2.05) is 17.0 Å². The number of ether oxygens (including phenoxy) is 2. The van der Waals surface area contributed by atoms with Gasteiger partial charge in [0.25, 0.3) is 5.95 Å². The van der Waals surface area contributed by atoms with Gasteiger partial charge in [-0.1, -0.05) is 11.6 Å². The van der Waals surface area contributed by atoms with Gasteiger partial charge in [-0.15, -0.1) is 10.2 Å². The molecular weight excluding hydrogens is 470 g/mol. The van der Waals surface area contributed by atoms with Gasteiger partial charge < -0.3 is 24.5 Å². The lowest BCUT2D eigenvalue weighted by atomic mass is 10.1. The summed E-state index contributed by atoms with van der Waals surface area (Å²) in [6, 6.07) is 14.6. The van der Waals surface area contributed by atoms with Gasteiger partial charge in [0.1, 0.15) is 17.4 Å². The number of aromatic hydroxyl groups is 1. The van der Waals surface area contributed by atoms with Crippen LogP contribution in [0.2, 0.25) is 5.02 Å². The van der Waals surface area contributed by atoms with Gasteiger partial charge in [0.15, 0.2) is 11.5 Å². The Hall–Kier alpha value is -4.20. The van der Waals surface area contributed by atoms with E-state index in [0.29, 0.717) is 70.6 Å². The molecule has 0 bridgehead atoms. The summed E-state index contributed by atoms with van der Waals surface area (Å²) in [6.45, 7) is 2.19. The van der Waals surface area contributed by atoms with E-state index in [4.69, 9.17) is 21.1 Å². The maximum Gasteiger partial charge on any atom is 0.271 e. The maximum atomic E-state index is 10.4. The minimum Gasteiger partial charge on any atom is -0.497 e. The molecule has 10 nitrogen and oxygen atoms in total. The minimum atomic E-state index is -0.150. The normalized spacial score (nSPS) is 13.9. The average Bonchev–Trinajstić information content (AvgIpc) is 3.21. The van der Waals surface area contributed by atoms with Crippen molar-refractivity contribution < 1.29 is 14.6 Å². The SMILES string of the molecule is COc1ccc(-c2nc(N=Nc3c(O)[nH]c4ccc(Cl)cc34)nc(N3CCOCC3)c2C#N)cc1. The Morgan fingerprint density at radius 3 is 2.63 bits per heavy atom. The molecule has 1 saturated heterocycles. The third-order valence-corrected chi connectivity index (χ3v) is 5.85. The van der Waals surface area contributed by atoms with Crippen molar-refractivity contribution in [2.75, 3.05) is 38.3 Å². The molecule has 2 N–H and O–H groups in total. The number of anilines is 1. The summed E-state index contributed by atoms with van der Waals surface area (Å²) >= 11 is 6.12. The van der Waals surface area contributed by atoms with Crippen LogP contribution in [0.3, 0.4) is 0 Å². The first kappa shape index (κ1) is 22.6. The van der Waals surface area contributed by atoms with Gasteiger partial charge in [0, 0.05) is 29.1 Å². The van der Waals surface area contributed by atoms with Crippen LogP contribution in [0.5, 0.6) is 11.6 Å². The number of fused-ring (bicyclic) bond motifs is 1. The number of azo groups is 1. The Balaban J connectivity index is 1.63. The molecule has 1 aliphatic rings. The van der Waals surface area contributed by atoms with Gasteiger partial charge in [-0.2, -0.15) is 10.2 Å². The topological polar surface area (TPSA) is 132 Å². The summed E-state index contributed by atoms with van der Waals surface area (Å²) in [5.74, 6) is 1.04. The number of H-pyrrole nitrogens is 1. The number of morpholine rings is 1. The molecule has 2 aromatic carbocycles. The molecule has 1 aliphatic heterocycles. The third kappa shape index (κ3) is 4.47. The lowest BCUT2D eigenvalue weighted by molar-refractivity contribution is 0.122. The Bertz CT molecular complexity index is 1450. The van der Waals surface area contributed by atoms with Gasteiger partial charge in [0.2, 0.25) is 5.88 Å². The van der Waals surface area contributed by atoms with Crippen molar-refractivity contribution in [1.82, 2.24) is 15.0 Å². The number of hydrogen-bond acceptors (Lipinski definition) is 9. The van der Waals surface area contributed by atoms with E-state index >= 15 is 0 Å². The predicted octanol–water partition coefficient (Wildman–Crippen LogP) is 5.12. The average molecular weight is 490 g/mol. The lowest BCUT2D eigenvalue weighted by Crippen LogP contribution is -2.37. The van der Waals surface area contributed by atoms with Crippen molar-refractivity contribution in [3.63, 3.8) is 0 Å². The highest BCUT2D eigenvalue weighted by Crippen LogP contribution is 2.38. The number of nitrogens with one attached hydrogen (secondary N) is 1. The van der Waals surface area contributed by atoms with E-state index in [1.165, 1.54) is 0 Å². The Labute approximate surface area is 205 Å². The van der Waals surface area contributed by atoms with E-state index in [2.05, 4.69) is 31.2 Å². The zero-order valence-electron chi connectivity index (χ0n) is 18.7. The molecule has 176 valence electrons. The smallest absolute Gasteiger partial charge is 0.271 e. The molecule has 2 aromatic heterocycles. The Morgan fingerprint density at radius 2 is 1.91 bits per heavy atom. The van der Waals surface area contributed by atoms with Crippen molar-refractivity contribution in [3.05, 3.63) is 53.1 Å². The Morgan fingerprint density at radius 1 is 1.14 bits per heavy atom. The second-order valence-electron chi connectivity index (χ2n) is 7.72. The van der Waals surface area contributed by atoms with Gasteiger partial charge in [-0.05, 0) is 42.5 Å². The number of rotatable bonds is 5. The molecular formula is C24H20ClN7O3. The number of aromatic amines is 1. The summed E-state index contributed by atoms with van der Waals surface area (Å²) in [5, 5.41) is 29.9. The molecule has 0 atom stereocenters. The van der Waals surface area contributed by atoms with Crippen LogP contribution in [0.25, 0.3) is 22.2 Å². The number of nitriles is 1. The van der Waals surface area contributed by atoms with Gasteiger partial charge >= 0.3 is 0 Å². The highest BCUT2D eigenvalue weighted by atomic mass is 35.5. The van der Waals surface area contributed by atoms with Crippen molar-refractivity contribution in [3.8, 4) is 29.0 Å². The molecule has 0 unspecified atom stereocenters. The number of benzene rings is 2. The molecule has 0 amide bonds.